The average molecular weight is 217 g/mol. The summed E-state index contributed by atoms with van der Waals surface area (Å²) >= 11 is 0. The summed E-state index contributed by atoms with van der Waals surface area (Å²) in [7, 11) is 0. The summed E-state index contributed by atoms with van der Waals surface area (Å²) in [4.78, 5) is 0. The fraction of sp³-hybridized carbons (Fsp3) is 1.00. The molecule has 0 radical (unpaired) electrons. The summed E-state index contributed by atoms with van der Waals surface area (Å²) in [5.74, 6) is 0.875. The minimum Gasteiger partial charge on any atom is -0.396 e. The molecule has 0 bridgehead atoms. The Bertz CT molecular complexity index is 105. The Kier molecular flexibility index (Phi) is 16.1. The van der Waals surface area contributed by atoms with Crippen molar-refractivity contribution in [3.8, 4) is 0 Å². The zero-order chi connectivity index (χ0) is 10.6. The van der Waals surface area contributed by atoms with E-state index in [4.69, 9.17) is 5.11 Å². The molecule has 4 N–H and O–H groups in total. The van der Waals surface area contributed by atoms with Crippen molar-refractivity contribution in [1.29, 1.82) is 0 Å². The van der Waals surface area contributed by atoms with Gasteiger partial charge in [-0.3, -0.25) is 0 Å². The van der Waals surface area contributed by atoms with Gasteiger partial charge in [-0.25, -0.2) is 0 Å². The molecule has 0 rings (SSSR count). The molecule has 0 saturated heterocycles. The third-order valence-corrected chi connectivity index (χ3v) is 2.69. The predicted octanol–water partition coefficient (Wildman–Crippen LogP) is 4.31. The summed E-state index contributed by atoms with van der Waals surface area (Å²) in [6, 6.07) is 0. The van der Waals surface area contributed by atoms with E-state index in [2.05, 4.69) is 13.8 Å². The van der Waals surface area contributed by atoms with E-state index < -0.39 is 0 Å². The Balaban J connectivity index is 0. The van der Waals surface area contributed by atoms with Crippen LogP contribution in [0.25, 0.3) is 0 Å². The second-order valence-corrected chi connectivity index (χ2v) is 4.73. The molecular weight excluding hydrogens is 186 g/mol. The van der Waals surface area contributed by atoms with Crippen molar-refractivity contribution < 1.29 is 5.11 Å². The van der Waals surface area contributed by atoms with Crippen molar-refractivity contribution in [2.24, 2.45) is 5.92 Å². The lowest BCUT2D eigenvalue weighted by Gasteiger charge is -2.04. The molecule has 0 aliphatic heterocycles. The number of hydrogen-bond acceptors (Lipinski definition) is 2. The smallest absolute Gasteiger partial charge is 0.0431 e. The Hall–Kier alpha value is -0.0800. The summed E-state index contributed by atoms with van der Waals surface area (Å²) in [5, 5.41) is 8.59. The second-order valence-electron chi connectivity index (χ2n) is 4.73. The highest BCUT2D eigenvalue weighted by Gasteiger charge is 1.94. The van der Waals surface area contributed by atoms with Gasteiger partial charge in [0.05, 0.1) is 0 Å². The van der Waals surface area contributed by atoms with Gasteiger partial charge in [0.2, 0.25) is 0 Å². The van der Waals surface area contributed by atoms with Crippen molar-refractivity contribution >= 4 is 0 Å². The molecule has 0 aromatic carbocycles. The first-order valence-electron chi connectivity index (χ1n) is 6.38. The van der Waals surface area contributed by atoms with Gasteiger partial charge in [-0.1, -0.05) is 65.2 Å². The summed E-state index contributed by atoms with van der Waals surface area (Å²) in [5.41, 5.74) is 0. The molecule has 0 unspecified atom stereocenters. The predicted molar refractivity (Wildman–Crippen MR) is 68.5 cm³/mol. The van der Waals surface area contributed by atoms with Gasteiger partial charge in [-0.05, 0) is 12.3 Å². The summed E-state index contributed by atoms with van der Waals surface area (Å²) < 4.78 is 0. The molecule has 0 aliphatic rings. The minimum absolute atomic E-state index is 0. The van der Waals surface area contributed by atoms with Gasteiger partial charge >= 0.3 is 0 Å². The van der Waals surface area contributed by atoms with E-state index in [-0.39, 0.29) is 6.15 Å². The standard InChI is InChI=1S/C13H28O.H3N/c1-13(2)11-9-7-5-3-4-6-8-10-12-14;/h13-14H,3-12H2,1-2H3;1H3. The zero-order valence-electron chi connectivity index (χ0n) is 10.8. The van der Waals surface area contributed by atoms with E-state index in [1.54, 1.807) is 0 Å². The van der Waals surface area contributed by atoms with Crippen molar-refractivity contribution in [2.75, 3.05) is 6.61 Å². The molecule has 0 aliphatic carbocycles. The van der Waals surface area contributed by atoms with Crippen molar-refractivity contribution in [3.05, 3.63) is 0 Å². The van der Waals surface area contributed by atoms with E-state index in [9.17, 15) is 0 Å². The van der Waals surface area contributed by atoms with Crippen LogP contribution in [0, 0.1) is 5.92 Å². The highest BCUT2D eigenvalue weighted by atomic mass is 16.2. The van der Waals surface area contributed by atoms with Crippen LogP contribution < -0.4 is 6.15 Å². The van der Waals surface area contributed by atoms with Gasteiger partial charge in [0.1, 0.15) is 0 Å². The molecule has 0 spiro atoms. The van der Waals surface area contributed by atoms with Crippen LogP contribution in [0.4, 0.5) is 0 Å². The summed E-state index contributed by atoms with van der Waals surface area (Å²) in [6.45, 7) is 4.97. The molecule has 0 saturated carbocycles. The first-order chi connectivity index (χ1) is 6.77. The first-order valence-corrected chi connectivity index (χ1v) is 6.38. The minimum atomic E-state index is 0. The van der Waals surface area contributed by atoms with Gasteiger partial charge in [-0.2, -0.15) is 0 Å². The molecule has 0 amide bonds. The Labute approximate surface area is 96.0 Å². The average Bonchev–Trinajstić information content (AvgIpc) is 2.15. The van der Waals surface area contributed by atoms with Crippen molar-refractivity contribution in [2.45, 2.75) is 71.6 Å². The van der Waals surface area contributed by atoms with Crippen LogP contribution in [0.2, 0.25) is 0 Å². The van der Waals surface area contributed by atoms with Gasteiger partial charge in [-0.15, -0.1) is 0 Å². The molecule has 94 valence electrons. The number of unbranched alkanes of at least 4 members (excludes halogenated alkanes) is 7. The molecule has 0 aromatic heterocycles. The second kappa shape index (κ2) is 13.9. The number of aliphatic hydroxyl groups is 1. The molecule has 0 fully saturated rings. The fourth-order valence-electron chi connectivity index (χ4n) is 1.73. The molecule has 0 heterocycles. The van der Waals surface area contributed by atoms with Crippen molar-refractivity contribution in [1.82, 2.24) is 6.15 Å². The van der Waals surface area contributed by atoms with Crippen LogP contribution >= 0.6 is 0 Å². The van der Waals surface area contributed by atoms with Gasteiger partial charge < -0.3 is 11.3 Å². The van der Waals surface area contributed by atoms with Crippen LogP contribution in [0.1, 0.15) is 71.6 Å². The largest absolute Gasteiger partial charge is 0.396 e. The lowest BCUT2D eigenvalue weighted by Crippen LogP contribution is -1.87. The molecule has 2 nitrogen and oxygen atoms in total. The van der Waals surface area contributed by atoms with Crippen LogP contribution in [0.15, 0.2) is 0 Å². The lowest BCUT2D eigenvalue weighted by atomic mass is 10.0. The highest BCUT2D eigenvalue weighted by Crippen LogP contribution is 2.12. The van der Waals surface area contributed by atoms with Crippen LogP contribution in [0.5, 0.6) is 0 Å². The van der Waals surface area contributed by atoms with E-state index in [1.807, 2.05) is 0 Å². The normalized spacial score (nSPS) is 10.4. The molecule has 0 atom stereocenters. The van der Waals surface area contributed by atoms with Gasteiger partial charge in [0, 0.05) is 6.61 Å². The van der Waals surface area contributed by atoms with Crippen LogP contribution in [-0.4, -0.2) is 11.7 Å². The van der Waals surface area contributed by atoms with E-state index in [0.717, 1.165) is 12.3 Å². The Morgan fingerprint density at radius 1 is 0.733 bits per heavy atom. The Morgan fingerprint density at radius 2 is 1.13 bits per heavy atom. The number of rotatable bonds is 10. The topological polar surface area (TPSA) is 55.2 Å². The fourth-order valence-corrected chi connectivity index (χ4v) is 1.73. The van der Waals surface area contributed by atoms with Gasteiger partial charge in [0.15, 0.2) is 0 Å². The van der Waals surface area contributed by atoms with Crippen LogP contribution in [0.3, 0.4) is 0 Å². The van der Waals surface area contributed by atoms with Crippen molar-refractivity contribution in [3.63, 3.8) is 0 Å². The maximum atomic E-state index is 8.59. The van der Waals surface area contributed by atoms with E-state index in [1.165, 1.54) is 51.4 Å². The highest BCUT2D eigenvalue weighted by molar-refractivity contribution is 4.49. The first kappa shape index (κ1) is 17.3. The third-order valence-electron chi connectivity index (χ3n) is 2.69. The van der Waals surface area contributed by atoms with E-state index in [0.29, 0.717) is 6.61 Å². The maximum Gasteiger partial charge on any atom is 0.0431 e. The maximum absolute atomic E-state index is 8.59. The third kappa shape index (κ3) is 16.6. The monoisotopic (exact) mass is 217 g/mol. The summed E-state index contributed by atoms with van der Waals surface area (Å²) in [6.07, 6.45) is 11.9. The molecule has 15 heavy (non-hydrogen) atoms. The molecule has 0 aromatic rings. The van der Waals surface area contributed by atoms with Gasteiger partial charge in [0.25, 0.3) is 0 Å². The quantitative estimate of drug-likeness (QED) is 0.536. The Morgan fingerprint density at radius 3 is 1.53 bits per heavy atom. The molecular formula is C13H31NO. The molecule has 2 heteroatoms. The van der Waals surface area contributed by atoms with E-state index >= 15 is 0 Å². The van der Waals surface area contributed by atoms with Crippen LogP contribution in [-0.2, 0) is 0 Å². The number of hydrogen-bond donors (Lipinski definition) is 2. The number of aliphatic hydroxyl groups excluding tert-OH is 1. The zero-order valence-corrected chi connectivity index (χ0v) is 10.8. The lowest BCUT2D eigenvalue weighted by molar-refractivity contribution is 0.282. The SMILES string of the molecule is CC(C)CCCCCCCCCCO.N.